The van der Waals surface area contributed by atoms with Crippen LogP contribution >= 0.6 is 0 Å². The zero-order valence-electron chi connectivity index (χ0n) is 13.9. The fourth-order valence-electron chi connectivity index (χ4n) is 1.75. The predicted octanol–water partition coefficient (Wildman–Crippen LogP) is 2.73. The molecular formula is C15H24N2O5S. The molecule has 0 bridgehead atoms. The molecule has 0 radical (unpaired) electrons. The van der Waals surface area contributed by atoms with Gasteiger partial charge in [-0.25, -0.2) is 17.9 Å². The fourth-order valence-corrected chi connectivity index (χ4v) is 3.10. The minimum Gasteiger partial charge on any atom is -0.492 e. The van der Waals surface area contributed by atoms with Gasteiger partial charge in [-0.3, -0.25) is 5.32 Å². The molecule has 0 aromatic heterocycles. The number of carbonyl (C=O) groups excluding carboxylic acids is 1. The second kappa shape index (κ2) is 8.73. The van der Waals surface area contributed by atoms with Crippen LogP contribution in [0.4, 0.5) is 10.5 Å². The van der Waals surface area contributed by atoms with Gasteiger partial charge in [-0.2, -0.15) is 0 Å². The van der Waals surface area contributed by atoms with Crippen LogP contribution in [0.1, 0.15) is 34.1 Å². The predicted molar refractivity (Wildman–Crippen MR) is 88.3 cm³/mol. The SMILES string of the molecule is CCOC(=O)Nc1cc(S(=O)(=O)N[C@@H](C)CC)ccc1OCC. The highest BCUT2D eigenvalue weighted by Gasteiger charge is 2.19. The number of hydrogen-bond acceptors (Lipinski definition) is 5. The Balaban J connectivity index is 3.14. The van der Waals surface area contributed by atoms with Crippen molar-refractivity contribution in [2.75, 3.05) is 18.5 Å². The molecule has 130 valence electrons. The van der Waals surface area contributed by atoms with Crippen LogP contribution in [-0.4, -0.2) is 33.8 Å². The molecule has 0 aliphatic rings. The van der Waals surface area contributed by atoms with E-state index in [0.29, 0.717) is 18.8 Å². The van der Waals surface area contributed by atoms with Gasteiger partial charge in [0.25, 0.3) is 0 Å². The van der Waals surface area contributed by atoms with E-state index >= 15 is 0 Å². The third-order valence-electron chi connectivity index (χ3n) is 3.04. The van der Waals surface area contributed by atoms with Gasteiger partial charge in [-0.15, -0.1) is 0 Å². The molecule has 2 N–H and O–H groups in total. The molecule has 1 atom stereocenters. The summed E-state index contributed by atoms with van der Waals surface area (Å²) in [5, 5.41) is 2.50. The summed E-state index contributed by atoms with van der Waals surface area (Å²) in [6, 6.07) is 4.11. The summed E-state index contributed by atoms with van der Waals surface area (Å²) in [7, 11) is -3.67. The quantitative estimate of drug-likeness (QED) is 0.756. The topological polar surface area (TPSA) is 93.7 Å². The van der Waals surface area contributed by atoms with E-state index in [4.69, 9.17) is 9.47 Å². The standard InChI is InChI=1S/C15H24N2O5S/c1-5-11(4)17-23(19,20)12-8-9-14(21-6-2)13(10-12)16-15(18)22-7-3/h8-11,17H,5-7H2,1-4H3,(H,16,18)/t11-/m0/s1. The summed E-state index contributed by atoms with van der Waals surface area (Å²) in [5.41, 5.74) is 0.248. The van der Waals surface area contributed by atoms with E-state index in [2.05, 4.69) is 10.0 Å². The highest BCUT2D eigenvalue weighted by atomic mass is 32.2. The molecule has 0 heterocycles. The zero-order chi connectivity index (χ0) is 17.5. The Morgan fingerprint density at radius 3 is 2.48 bits per heavy atom. The van der Waals surface area contributed by atoms with Crippen molar-refractivity contribution < 1.29 is 22.7 Å². The maximum Gasteiger partial charge on any atom is 0.411 e. The van der Waals surface area contributed by atoms with Crippen LogP contribution in [0.2, 0.25) is 0 Å². The second-order valence-electron chi connectivity index (χ2n) is 4.87. The summed E-state index contributed by atoms with van der Waals surface area (Å²) >= 11 is 0. The lowest BCUT2D eigenvalue weighted by Crippen LogP contribution is -2.32. The minimum atomic E-state index is -3.67. The van der Waals surface area contributed by atoms with Crippen LogP contribution < -0.4 is 14.8 Å². The molecule has 0 aliphatic carbocycles. The third kappa shape index (κ3) is 5.72. The molecule has 0 unspecified atom stereocenters. The number of ether oxygens (including phenoxy) is 2. The number of amides is 1. The molecule has 1 aromatic rings. The molecule has 0 fully saturated rings. The molecule has 1 rings (SSSR count). The van der Waals surface area contributed by atoms with E-state index in [-0.39, 0.29) is 23.2 Å². The van der Waals surface area contributed by atoms with Crippen molar-refractivity contribution in [1.29, 1.82) is 0 Å². The van der Waals surface area contributed by atoms with E-state index in [9.17, 15) is 13.2 Å². The number of hydrogen-bond donors (Lipinski definition) is 2. The maximum atomic E-state index is 12.3. The smallest absolute Gasteiger partial charge is 0.411 e. The number of nitrogens with one attached hydrogen (secondary N) is 2. The maximum absolute atomic E-state index is 12.3. The van der Waals surface area contributed by atoms with E-state index in [1.54, 1.807) is 20.8 Å². The molecule has 0 saturated carbocycles. The van der Waals surface area contributed by atoms with Gasteiger partial charge in [0.15, 0.2) is 0 Å². The first-order valence-electron chi connectivity index (χ1n) is 7.56. The van der Waals surface area contributed by atoms with Crippen molar-refractivity contribution in [2.24, 2.45) is 0 Å². The van der Waals surface area contributed by atoms with Crippen LogP contribution in [0.15, 0.2) is 23.1 Å². The van der Waals surface area contributed by atoms with Crippen LogP contribution in [-0.2, 0) is 14.8 Å². The van der Waals surface area contributed by atoms with Crippen molar-refractivity contribution in [2.45, 2.75) is 45.1 Å². The van der Waals surface area contributed by atoms with Crippen LogP contribution in [0.5, 0.6) is 5.75 Å². The Kier molecular flexibility index (Phi) is 7.31. The number of anilines is 1. The molecule has 0 spiro atoms. The highest BCUT2D eigenvalue weighted by Crippen LogP contribution is 2.28. The van der Waals surface area contributed by atoms with E-state index in [1.165, 1.54) is 18.2 Å². The summed E-state index contributed by atoms with van der Waals surface area (Å²) in [5.74, 6) is 0.378. The molecule has 8 heteroatoms. The average Bonchev–Trinajstić information content (AvgIpc) is 2.48. The molecular weight excluding hydrogens is 320 g/mol. The van der Waals surface area contributed by atoms with Gasteiger partial charge in [0.1, 0.15) is 5.75 Å². The molecule has 23 heavy (non-hydrogen) atoms. The lowest BCUT2D eigenvalue weighted by molar-refractivity contribution is 0.167. The molecule has 7 nitrogen and oxygen atoms in total. The first kappa shape index (κ1) is 19.2. The number of carbonyl (C=O) groups is 1. The number of rotatable bonds is 8. The van der Waals surface area contributed by atoms with Crippen molar-refractivity contribution in [1.82, 2.24) is 4.72 Å². The lowest BCUT2D eigenvalue weighted by atomic mass is 10.3. The Morgan fingerprint density at radius 2 is 1.91 bits per heavy atom. The van der Waals surface area contributed by atoms with Crippen LogP contribution in [0.25, 0.3) is 0 Å². The normalized spacial score (nSPS) is 12.5. The molecule has 0 aliphatic heterocycles. The fraction of sp³-hybridized carbons (Fsp3) is 0.533. The van der Waals surface area contributed by atoms with Gasteiger partial charge in [0.2, 0.25) is 10.0 Å². The van der Waals surface area contributed by atoms with Gasteiger partial charge in [0, 0.05) is 6.04 Å². The van der Waals surface area contributed by atoms with Gasteiger partial charge < -0.3 is 9.47 Å². The Hall–Kier alpha value is -1.80. The van der Waals surface area contributed by atoms with Crippen LogP contribution in [0.3, 0.4) is 0 Å². The van der Waals surface area contributed by atoms with E-state index < -0.39 is 16.1 Å². The number of benzene rings is 1. The van der Waals surface area contributed by atoms with Crippen molar-refractivity contribution in [3.05, 3.63) is 18.2 Å². The molecule has 1 aromatic carbocycles. The van der Waals surface area contributed by atoms with E-state index in [1.807, 2.05) is 6.92 Å². The summed E-state index contributed by atoms with van der Waals surface area (Å²) < 4.78 is 37.5. The van der Waals surface area contributed by atoms with Crippen molar-refractivity contribution >= 4 is 21.8 Å². The minimum absolute atomic E-state index is 0.0491. The monoisotopic (exact) mass is 344 g/mol. The zero-order valence-corrected chi connectivity index (χ0v) is 14.7. The number of sulfonamides is 1. The summed E-state index contributed by atoms with van der Waals surface area (Å²) in [6.45, 7) is 7.74. The molecule has 1 amide bonds. The third-order valence-corrected chi connectivity index (χ3v) is 4.63. The van der Waals surface area contributed by atoms with Gasteiger partial charge in [-0.1, -0.05) is 6.92 Å². The lowest BCUT2D eigenvalue weighted by Gasteiger charge is -2.15. The average molecular weight is 344 g/mol. The van der Waals surface area contributed by atoms with Crippen molar-refractivity contribution in [3.8, 4) is 5.75 Å². The first-order valence-corrected chi connectivity index (χ1v) is 9.05. The Bertz CT molecular complexity index is 631. The van der Waals surface area contributed by atoms with Crippen LogP contribution in [0, 0.1) is 0 Å². The molecule has 0 saturated heterocycles. The van der Waals surface area contributed by atoms with Gasteiger partial charge >= 0.3 is 6.09 Å². The largest absolute Gasteiger partial charge is 0.492 e. The summed E-state index contributed by atoms with van der Waals surface area (Å²) in [4.78, 5) is 11.6. The van der Waals surface area contributed by atoms with Crippen molar-refractivity contribution in [3.63, 3.8) is 0 Å². The van der Waals surface area contributed by atoms with Gasteiger partial charge in [-0.05, 0) is 45.4 Å². The Morgan fingerprint density at radius 1 is 1.22 bits per heavy atom. The van der Waals surface area contributed by atoms with E-state index in [0.717, 1.165) is 0 Å². The Labute approximate surface area is 137 Å². The first-order chi connectivity index (χ1) is 10.8. The highest BCUT2D eigenvalue weighted by molar-refractivity contribution is 7.89. The second-order valence-corrected chi connectivity index (χ2v) is 6.58. The summed E-state index contributed by atoms with van der Waals surface area (Å²) in [6.07, 6.45) is 0.00220. The van der Waals surface area contributed by atoms with Gasteiger partial charge in [0.05, 0.1) is 23.8 Å².